The van der Waals surface area contributed by atoms with Crippen molar-refractivity contribution in [1.29, 1.82) is 0 Å². The van der Waals surface area contributed by atoms with E-state index >= 15 is 0 Å². The lowest BCUT2D eigenvalue weighted by Gasteiger charge is -2.35. The molecule has 0 amide bonds. The third-order valence-electron chi connectivity index (χ3n) is 3.91. The van der Waals surface area contributed by atoms with Gasteiger partial charge in [-0.25, -0.2) is 0 Å². The molecule has 0 radical (unpaired) electrons. The number of alkyl halides is 1. The molecule has 0 aromatic carbocycles. The van der Waals surface area contributed by atoms with Gasteiger partial charge in [0.25, 0.3) is 0 Å². The van der Waals surface area contributed by atoms with E-state index in [9.17, 15) is 0 Å². The molecular formula is C10H15BrO2. The fourth-order valence-corrected chi connectivity index (χ4v) is 3.83. The number of ether oxygens (including phenoxy) is 2. The van der Waals surface area contributed by atoms with E-state index in [2.05, 4.69) is 15.9 Å². The fraction of sp³-hybridized carbons (Fsp3) is 1.00. The van der Waals surface area contributed by atoms with Crippen molar-refractivity contribution in [1.82, 2.24) is 0 Å². The summed E-state index contributed by atoms with van der Waals surface area (Å²) in [5, 5.41) is 0. The minimum atomic E-state index is -0.166. The number of hydrogen-bond acceptors (Lipinski definition) is 2. The van der Waals surface area contributed by atoms with Gasteiger partial charge in [-0.05, 0) is 24.7 Å². The van der Waals surface area contributed by atoms with Crippen LogP contribution >= 0.6 is 15.9 Å². The lowest BCUT2D eigenvalue weighted by Crippen LogP contribution is -2.36. The van der Waals surface area contributed by atoms with Crippen LogP contribution in [0.5, 0.6) is 0 Å². The molecule has 2 aliphatic carbocycles. The van der Waals surface area contributed by atoms with Crippen LogP contribution in [0.15, 0.2) is 0 Å². The molecule has 0 aromatic heterocycles. The highest BCUT2D eigenvalue weighted by Gasteiger charge is 2.57. The van der Waals surface area contributed by atoms with Crippen molar-refractivity contribution in [3.63, 3.8) is 0 Å². The highest BCUT2D eigenvalue weighted by atomic mass is 79.9. The fourth-order valence-electron chi connectivity index (χ4n) is 2.73. The Morgan fingerprint density at radius 3 is 2.00 bits per heavy atom. The summed E-state index contributed by atoms with van der Waals surface area (Å²) in [7, 11) is 0. The van der Waals surface area contributed by atoms with Gasteiger partial charge in [0.1, 0.15) is 0 Å². The van der Waals surface area contributed by atoms with Gasteiger partial charge >= 0.3 is 0 Å². The average molecular weight is 247 g/mol. The van der Waals surface area contributed by atoms with Crippen molar-refractivity contribution in [2.24, 2.45) is 5.41 Å². The Morgan fingerprint density at radius 2 is 1.54 bits per heavy atom. The van der Waals surface area contributed by atoms with E-state index in [1.165, 1.54) is 19.3 Å². The van der Waals surface area contributed by atoms with Crippen molar-refractivity contribution < 1.29 is 9.47 Å². The molecule has 13 heavy (non-hydrogen) atoms. The molecule has 0 aromatic rings. The molecule has 0 bridgehead atoms. The smallest absolute Gasteiger partial charge is 0.168 e. The van der Waals surface area contributed by atoms with Gasteiger partial charge in [0, 0.05) is 17.7 Å². The van der Waals surface area contributed by atoms with E-state index in [4.69, 9.17) is 9.47 Å². The summed E-state index contributed by atoms with van der Waals surface area (Å²) in [6.45, 7) is 1.59. The van der Waals surface area contributed by atoms with E-state index in [0.717, 1.165) is 30.9 Å². The third kappa shape index (κ3) is 1.28. The van der Waals surface area contributed by atoms with Crippen LogP contribution in [0.25, 0.3) is 0 Å². The molecule has 1 aliphatic heterocycles. The van der Waals surface area contributed by atoms with Crippen LogP contribution in [0.1, 0.15) is 32.1 Å². The Bertz CT molecular complexity index is 213. The van der Waals surface area contributed by atoms with Crippen LogP contribution in [0, 0.1) is 5.41 Å². The first-order chi connectivity index (χ1) is 6.25. The summed E-state index contributed by atoms with van der Waals surface area (Å²) in [4.78, 5) is 0.777. The maximum Gasteiger partial charge on any atom is 0.168 e. The molecule has 2 saturated carbocycles. The predicted molar refractivity (Wildman–Crippen MR) is 52.9 cm³/mol. The van der Waals surface area contributed by atoms with E-state index in [-0.39, 0.29) is 5.79 Å². The lowest BCUT2D eigenvalue weighted by molar-refractivity contribution is -0.184. The van der Waals surface area contributed by atoms with Gasteiger partial charge in [0.15, 0.2) is 5.79 Å². The SMILES string of the molecule is BrC1CC12CCC1(CC2)OCCO1. The molecular weight excluding hydrogens is 232 g/mol. The van der Waals surface area contributed by atoms with Gasteiger partial charge in [0.2, 0.25) is 0 Å². The molecule has 0 N–H and O–H groups in total. The van der Waals surface area contributed by atoms with E-state index < -0.39 is 0 Å². The minimum absolute atomic E-state index is 0.166. The second-order valence-electron chi connectivity index (χ2n) is 4.64. The zero-order valence-electron chi connectivity index (χ0n) is 7.72. The second-order valence-corrected chi connectivity index (χ2v) is 5.75. The lowest BCUT2D eigenvalue weighted by atomic mass is 9.82. The van der Waals surface area contributed by atoms with Crippen LogP contribution < -0.4 is 0 Å². The molecule has 3 heteroatoms. The summed E-state index contributed by atoms with van der Waals surface area (Å²) < 4.78 is 11.4. The number of hydrogen-bond donors (Lipinski definition) is 0. The molecule has 3 rings (SSSR count). The maximum absolute atomic E-state index is 5.70. The molecule has 2 nitrogen and oxygen atoms in total. The molecule has 1 atom stereocenters. The quantitative estimate of drug-likeness (QED) is 0.612. The Morgan fingerprint density at radius 1 is 1.00 bits per heavy atom. The topological polar surface area (TPSA) is 18.5 Å². The van der Waals surface area contributed by atoms with Gasteiger partial charge in [-0.2, -0.15) is 0 Å². The summed E-state index contributed by atoms with van der Waals surface area (Å²) in [6, 6.07) is 0. The van der Waals surface area contributed by atoms with Crippen LogP contribution in [0.2, 0.25) is 0 Å². The molecule has 1 unspecified atom stereocenters. The zero-order valence-corrected chi connectivity index (χ0v) is 9.31. The first-order valence-electron chi connectivity index (χ1n) is 5.17. The van der Waals surface area contributed by atoms with Crippen molar-refractivity contribution >= 4 is 15.9 Å². The normalized spacial score (nSPS) is 39.9. The summed E-state index contributed by atoms with van der Waals surface area (Å²) in [5.74, 6) is -0.166. The van der Waals surface area contributed by atoms with Crippen LogP contribution in [0.4, 0.5) is 0 Å². The van der Waals surface area contributed by atoms with Crippen molar-refractivity contribution in [3.05, 3.63) is 0 Å². The maximum atomic E-state index is 5.70. The van der Waals surface area contributed by atoms with Crippen molar-refractivity contribution in [2.45, 2.75) is 42.7 Å². The van der Waals surface area contributed by atoms with Gasteiger partial charge in [-0.3, -0.25) is 0 Å². The van der Waals surface area contributed by atoms with Crippen LogP contribution in [0.3, 0.4) is 0 Å². The van der Waals surface area contributed by atoms with E-state index in [0.29, 0.717) is 5.41 Å². The van der Waals surface area contributed by atoms with Gasteiger partial charge < -0.3 is 9.47 Å². The second kappa shape index (κ2) is 2.71. The van der Waals surface area contributed by atoms with Crippen molar-refractivity contribution in [3.8, 4) is 0 Å². The highest BCUT2D eigenvalue weighted by molar-refractivity contribution is 9.09. The predicted octanol–water partition coefficient (Wildman–Crippen LogP) is 2.46. The molecule has 2 spiro atoms. The van der Waals surface area contributed by atoms with Crippen molar-refractivity contribution in [2.75, 3.05) is 13.2 Å². The average Bonchev–Trinajstić information content (AvgIpc) is 2.61. The molecule has 74 valence electrons. The standard InChI is InChI=1S/C10H15BrO2/c11-8-7-9(8)1-3-10(4-2-9)12-5-6-13-10/h8H,1-7H2. The Labute approximate surface area is 87.1 Å². The highest BCUT2D eigenvalue weighted by Crippen LogP contribution is 2.62. The zero-order chi connectivity index (χ0) is 8.94. The summed E-state index contributed by atoms with van der Waals surface area (Å²) in [5.41, 5.74) is 0.626. The molecule has 3 aliphatic rings. The Balaban J connectivity index is 1.67. The first kappa shape index (κ1) is 8.69. The largest absolute Gasteiger partial charge is 0.348 e. The molecule has 1 heterocycles. The van der Waals surface area contributed by atoms with E-state index in [1.54, 1.807) is 0 Å². The van der Waals surface area contributed by atoms with E-state index in [1.807, 2.05) is 0 Å². The summed E-state index contributed by atoms with van der Waals surface area (Å²) in [6.07, 6.45) is 6.14. The first-order valence-corrected chi connectivity index (χ1v) is 6.08. The number of halogens is 1. The monoisotopic (exact) mass is 246 g/mol. The number of rotatable bonds is 0. The van der Waals surface area contributed by atoms with Crippen LogP contribution in [-0.4, -0.2) is 23.8 Å². The Kier molecular flexibility index (Phi) is 1.81. The minimum Gasteiger partial charge on any atom is -0.348 e. The molecule has 3 fully saturated rings. The van der Waals surface area contributed by atoms with Gasteiger partial charge in [-0.15, -0.1) is 0 Å². The van der Waals surface area contributed by atoms with Gasteiger partial charge in [-0.1, -0.05) is 15.9 Å². The summed E-state index contributed by atoms with van der Waals surface area (Å²) >= 11 is 3.72. The van der Waals surface area contributed by atoms with Gasteiger partial charge in [0.05, 0.1) is 13.2 Å². The molecule has 1 saturated heterocycles. The van der Waals surface area contributed by atoms with Crippen LogP contribution in [-0.2, 0) is 9.47 Å². The third-order valence-corrected chi connectivity index (χ3v) is 5.21. The Hall–Kier alpha value is 0.400.